The van der Waals surface area contributed by atoms with E-state index in [4.69, 9.17) is 0 Å². The molecule has 6 nitrogen and oxygen atoms in total. The molecule has 2 N–H and O–H groups in total. The number of fused-ring (bicyclic) bond motifs is 2. The van der Waals surface area contributed by atoms with Crippen LogP contribution in [0.5, 0.6) is 0 Å². The minimum atomic E-state index is 0.0637. The SMILES string of the molecule is O=c1c2cccc3[nH]c(=CN=NC4=NCCN4)cc(c4ccccc14)-c32. The average molecular weight is 341 g/mol. The lowest BCUT2D eigenvalue weighted by Crippen LogP contribution is -2.15. The first-order valence-electron chi connectivity index (χ1n) is 8.47. The molecule has 0 atom stereocenters. The molecule has 1 aliphatic carbocycles. The zero-order valence-corrected chi connectivity index (χ0v) is 13.9. The molecule has 0 bridgehead atoms. The van der Waals surface area contributed by atoms with Crippen molar-refractivity contribution >= 4 is 33.8 Å². The van der Waals surface area contributed by atoms with E-state index >= 15 is 0 Å². The van der Waals surface area contributed by atoms with Gasteiger partial charge < -0.3 is 10.3 Å². The van der Waals surface area contributed by atoms with E-state index in [2.05, 4.69) is 25.5 Å². The number of benzene rings is 3. The fraction of sp³-hybridized carbons (Fsp3) is 0.100. The Morgan fingerprint density at radius 2 is 1.88 bits per heavy atom. The Morgan fingerprint density at radius 3 is 2.73 bits per heavy atom. The van der Waals surface area contributed by atoms with Crippen molar-refractivity contribution in [1.82, 2.24) is 10.3 Å². The van der Waals surface area contributed by atoms with Crippen LogP contribution < -0.4 is 16.1 Å². The van der Waals surface area contributed by atoms with Gasteiger partial charge in [-0.2, -0.15) is 5.11 Å². The molecule has 2 heterocycles. The van der Waals surface area contributed by atoms with E-state index < -0.39 is 0 Å². The lowest BCUT2D eigenvalue weighted by molar-refractivity contribution is 0.954. The molecule has 126 valence electrons. The van der Waals surface area contributed by atoms with Crippen LogP contribution >= 0.6 is 0 Å². The molecule has 5 rings (SSSR count). The highest BCUT2D eigenvalue weighted by molar-refractivity contribution is 6.10. The smallest absolute Gasteiger partial charge is 0.238 e. The number of aromatic amines is 1. The summed E-state index contributed by atoms with van der Waals surface area (Å²) in [5.41, 5.74) is 2.95. The predicted molar refractivity (Wildman–Crippen MR) is 104 cm³/mol. The molecule has 0 spiro atoms. The van der Waals surface area contributed by atoms with E-state index in [1.54, 1.807) is 6.20 Å². The van der Waals surface area contributed by atoms with E-state index in [-0.39, 0.29) is 5.43 Å². The quantitative estimate of drug-likeness (QED) is 0.317. The second-order valence-electron chi connectivity index (χ2n) is 6.22. The molecule has 26 heavy (non-hydrogen) atoms. The zero-order chi connectivity index (χ0) is 17.5. The monoisotopic (exact) mass is 341 g/mol. The van der Waals surface area contributed by atoms with Crippen molar-refractivity contribution < 1.29 is 0 Å². The molecule has 0 saturated heterocycles. The molecule has 2 aromatic rings. The first kappa shape index (κ1) is 14.8. The lowest BCUT2D eigenvalue weighted by atomic mass is 9.91. The minimum absolute atomic E-state index is 0.0637. The Bertz CT molecular complexity index is 1280. The number of nitrogens with zero attached hydrogens (tertiary/aromatic N) is 3. The lowest BCUT2D eigenvalue weighted by Gasteiger charge is -2.14. The number of guanidine groups is 1. The number of hydrogen-bond acceptors (Lipinski definition) is 5. The Labute approximate surface area is 148 Å². The summed E-state index contributed by atoms with van der Waals surface area (Å²) in [6.07, 6.45) is 1.67. The first-order chi connectivity index (χ1) is 12.8. The van der Waals surface area contributed by atoms with Crippen molar-refractivity contribution in [2.75, 3.05) is 13.1 Å². The molecule has 0 radical (unpaired) electrons. The predicted octanol–water partition coefficient (Wildman–Crippen LogP) is 2.65. The van der Waals surface area contributed by atoms with E-state index in [9.17, 15) is 4.79 Å². The van der Waals surface area contributed by atoms with Gasteiger partial charge in [0.2, 0.25) is 5.96 Å². The van der Waals surface area contributed by atoms with Crippen LogP contribution in [0.15, 0.2) is 68.5 Å². The summed E-state index contributed by atoms with van der Waals surface area (Å²) in [7, 11) is 0. The van der Waals surface area contributed by atoms with Crippen molar-refractivity contribution in [2.45, 2.75) is 0 Å². The summed E-state index contributed by atoms with van der Waals surface area (Å²) in [4.78, 5) is 20.3. The summed E-state index contributed by atoms with van der Waals surface area (Å²) >= 11 is 0. The van der Waals surface area contributed by atoms with Gasteiger partial charge >= 0.3 is 0 Å². The fourth-order valence-electron chi connectivity index (χ4n) is 3.50. The van der Waals surface area contributed by atoms with Crippen LogP contribution in [0.25, 0.3) is 39.0 Å². The third-order valence-corrected chi connectivity index (χ3v) is 4.62. The Morgan fingerprint density at radius 1 is 1.04 bits per heavy atom. The molecule has 0 unspecified atom stereocenters. The van der Waals surface area contributed by atoms with Crippen molar-refractivity contribution in [2.24, 2.45) is 15.2 Å². The van der Waals surface area contributed by atoms with Crippen LogP contribution in [-0.4, -0.2) is 24.0 Å². The van der Waals surface area contributed by atoms with Crippen LogP contribution in [0.3, 0.4) is 0 Å². The highest BCUT2D eigenvalue weighted by Gasteiger charge is 2.16. The van der Waals surface area contributed by atoms with E-state index in [1.807, 2.05) is 48.5 Å². The van der Waals surface area contributed by atoms with Gasteiger partial charge in [0.1, 0.15) is 0 Å². The minimum Gasteiger partial charge on any atom is -0.354 e. The normalized spacial score (nSPS) is 15.4. The number of pyridine rings is 1. The van der Waals surface area contributed by atoms with Crippen molar-refractivity contribution in [1.29, 1.82) is 0 Å². The zero-order valence-electron chi connectivity index (χ0n) is 13.9. The van der Waals surface area contributed by atoms with Gasteiger partial charge in [-0.05, 0) is 23.1 Å². The highest BCUT2D eigenvalue weighted by atomic mass is 16.1. The van der Waals surface area contributed by atoms with Crippen LogP contribution in [0.4, 0.5) is 0 Å². The van der Waals surface area contributed by atoms with Gasteiger partial charge in [0, 0.05) is 28.4 Å². The van der Waals surface area contributed by atoms with Gasteiger partial charge in [-0.1, -0.05) is 36.4 Å². The molecule has 0 aromatic heterocycles. The molecule has 2 aromatic carbocycles. The molecule has 2 aliphatic heterocycles. The maximum absolute atomic E-state index is 12.8. The third kappa shape index (κ3) is 2.27. The number of H-pyrrole nitrogens is 1. The van der Waals surface area contributed by atoms with Gasteiger partial charge in [0.05, 0.1) is 18.1 Å². The topological polar surface area (TPSA) is 82.0 Å². The molecule has 6 heteroatoms. The van der Waals surface area contributed by atoms with Crippen molar-refractivity contribution in [3.63, 3.8) is 0 Å². The van der Waals surface area contributed by atoms with E-state index in [0.717, 1.165) is 51.2 Å². The van der Waals surface area contributed by atoms with E-state index in [1.165, 1.54) is 0 Å². The summed E-state index contributed by atoms with van der Waals surface area (Å²) in [6, 6.07) is 15.5. The van der Waals surface area contributed by atoms with Gasteiger partial charge in [-0.3, -0.25) is 4.79 Å². The Kier molecular flexibility index (Phi) is 3.28. The number of nitrogens with one attached hydrogen (secondary N) is 2. The maximum atomic E-state index is 12.8. The molecular weight excluding hydrogens is 326 g/mol. The van der Waals surface area contributed by atoms with Gasteiger partial charge in [-0.25, -0.2) is 4.99 Å². The molecule has 0 fully saturated rings. The third-order valence-electron chi connectivity index (χ3n) is 4.62. The standard InChI is InChI=1S/C20H15N5O/c26-19-14-5-2-1-4-13(14)16-10-12(11-23-25-20-21-8-9-22-20)24-17-7-3-6-15(19)18(16)17/h1-7,10-11,24H,8-9H2,(H,21,22). The van der Waals surface area contributed by atoms with Gasteiger partial charge in [0.15, 0.2) is 5.43 Å². The van der Waals surface area contributed by atoms with Crippen LogP contribution in [0.2, 0.25) is 0 Å². The largest absolute Gasteiger partial charge is 0.354 e. The molecule has 3 aliphatic rings. The molecule has 0 amide bonds. The maximum Gasteiger partial charge on any atom is 0.238 e. The van der Waals surface area contributed by atoms with Gasteiger partial charge in [-0.15, -0.1) is 5.11 Å². The number of aliphatic imine (C=N–C) groups is 1. The van der Waals surface area contributed by atoms with Crippen LogP contribution in [0, 0.1) is 0 Å². The second-order valence-corrected chi connectivity index (χ2v) is 6.22. The number of aromatic nitrogens is 1. The van der Waals surface area contributed by atoms with Crippen LogP contribution in [0.1, 0.15) is 0 Å². The second kappa shape index (κ2) is 5.77. The summed E-state index contributed by atoms with van der Waals surface area (Å²) in [5.74, 6) is 0.557. The highest BCUT2D eigenvalue weighted by Crippen LogP contribution is 2.34. The summed E-state index contributed by atoms with van der Waals surface area (Å²) in [6.45, 7) is 1.53. The fourth-order valence-corrected chi connectivity index (χ4v) is 3.50. The van der Waals surface area contributed by atoms with Crippen LogP contribution in [-0.2, 0) is 0 Å². The Balaban J connectivity index is 1.80. The number of azo groups is 1. The average Bonchev–Trinajstić information content (AvgIpc) is 3.19. The molecule has 0 saturated carbocycles. The molecular formula is C20H15N5O. The van der Waals surface area contributed by atoms with Crippen molar-refractivity contribution in [3.05, 3.63) is 64.1 Å². The van der Waals surface area contributed by atoms with Gasteiger partial charge in [0.25, 0.3) is 0 Å². The number of rotatable bonds is 1. The Hall–Kier alpha value is -3.54. The first-order valence-corrected chi connectivity index (χ1v) is 8.47. The van der Waals surface area contributed by atoms with E-state index in [0.29, 0.717) is 5.96 Å². The van der Waals surface area contributed by atoms with Crippen molar-refractivity contribution in [3.8, 4) is 11.1 Å². The summed E-state index contributed by atoms with van der Waals surface area (Å²) < 4.78 is 0. The summed E-state index contributed by atoms with van der Waals surface area (Å²) in [5, 5.41) is 14.5. The number of hydrogen-bond donors (Lipinski definition) is 2.